The molecule has 1 unspecified atom stereocenters. The molecule has 0 bridgehead atoms. The van der Waals surface area contributed by atoms with Crippen molar-refractivity contribution < 1.29 is 9.84 Å². The Morgan fingerprint density at radius 1 is 1.25 bits per heavy atom. The molecule has 0 radical (unpaired) electrons. The number of benzene rings is 1. The van der Waals surface area contributed by atoms with Crippen molar-refractivity contribution in [3.8, 4) is 0 Å². The Balaban J connectivity index is 1.64. The van der Waals surface area contributed by atoms with E-state index in [-0.39, 0.29) is 12.2 Å². The largest absolute Gasteiger partial charge is 0.392 e. The van der Waals surface area contributed by atoms with Gasteiger partial charge in [0.1, 0.15) is 0 Å². The van der Waals surface area contributed by atoms with Crippen molar-refractivity contribution in [2.24, 2.45) is 0 Å². The highest BCUT2D eigenvalue weighted by molar-refractivity contribution is 8.00. The maximum atomic E-state index is 9.24. The van der Waals surface area contributed by atoms with Crippen LogP contribution in [0.2, 0.25) is 0 Å². The van der Waals surface area contributed by atoms with Crippen molar-refractivity contribution in [3.63, 3.8) is 0 Å². The Morgan fingerprint density at radius 3 is 2.90 bits per heavy atom. The molecule has 1 saturated heterocycles. The van der Waals surface area contributed by atoms with Gasteiger partial charge in [-0.2, -0.15) is 0 Å². The first kappa shape index (κ1) is 14.4. The molecular weight excluding hydrogens is 268 g/mol. The molecule has 1 saturated carbocycles. The molecule has 0 aromatic heterocycles. The van der Waals surface area contributed by atoms with E-state index in [1.165, 1.54) is 43.4 Å². The first-order chi connectivity index (χ1) is 9.80. The van der Waals surface area contributed by atoms with Crippen LogP contribution in [-0.4, -0.2) is 22.6 Å². The van der Waals surface area contributed by atoms with Gasteiger partial charge in [-0.15, -0.1) is 11.8 Å². The van der Waals surface area contributed by atoms with Crippen molar-refractivity contribution in [1.82, 2.24) is 0 Å². The summed E-state index contributed by atoms with van der Waals surface area (Å²) in [6.45, 7) is 1.05. The molecule has 3 heteroatoms. The zero-order valence-electron chi connectivity index (χ0n) is 12.0. The van der Waals surface area contributed by atoms with Crippen LogP contribution in [0.4, 0.5) is 0 Å². The van der Waals surface area contributed by atoms with E-state index in [0.29, 0.717) is 5.25 Å². The first-order valence-electron chi connectivity index (χ1n) is 7.80. The SMILES string of the molecule is OCc1cccc(SC2CCOC3(CCCCC3)C2)c1. The van der Waals surface area contributed by atoms with Crippen LogP contribution >= 0.6 is 11.8 Å². The number of thioether (sulfide) groups is 1. The summed E-state index contributed by atoms with van der Waals surface area (Å²) in [6.07, 6.45) is 8.88. The zero-order valence-corrected chi connectivity index (χ0v) is 12.8. The lowest BCUT2D eigenvalue weighted by molar-refractivity contribution is -0.0970. The average Bonchev–Trinajstić information content (AvgIpc) is 2.48. The highest BCUT2D eigenvalue weighted by atomic mass is 32.2. The van der Waals surface area contributed by atoms with Gasteiger partial charge >= 0.3 is 0 Å². The minimum atomic E-state index is 0.131. The molecule has 1 aromatic carbocycles. The van der Waals surface area contributed by atoms with Crippen LogP contribution in [0.3, 0.4) is 0 Å². The molecule has 1 atom stereocenters. The Morgan fingerprint density at radius 2 is 2.10 bits per heavy atom. The van der Waals surface area contributed by atoms with Crippen LogP contribution in [0.5, 0.6) is 0 Å². The van der Waals surface area contributed by atoms with E-state index >= 15 is 0 Å². The van der Waals surface area contributed by atoms with E-state index < -0.39 is 0 Å². The predicted molar refractivity (Wildman–Crippen MR) is 83.0 cm³/mol. The minimum Gasteiger partial charge on any atom is -0.392 e. The van der Waals surface area contributed by atoms with Gasteiger partial charge in [0.15, 0.2) is 0 Å². The van der Waals surface area contributed by atoms with Gasteiger partial charge in [0.25, 0.3) is 0 Å². The lowest BCUT2D eigenvalue weighted by Gasteiger charge is -2.43. The second kappa shape index (κ2) is 6.50. The maximum absolute atomic E-state index is 9.24. The van der Waals surface area contributed by atoms with Crippen molar-refractivity contribution >= 4 is 11.8 Å². The molecule has 1 N–H and O–H groups in total. The third-order valence-electron chi connectivity index (χ3n) is 4.60. The molecule has 20 heavy (non-hydrogen) atoms. The topological polar surface area (TPSA) is 29.5 Å². The van der Waals surface area contributed by atoms with Crippen LogP contribution in [0, 0.1) is 0 Å². The van der Waals surface area contributed by atoms with Crippen molar-refractivity contribution in [3.05, 3.63) is 29.8 Å². The molecule has 1 aliphatic heterocycles. The third kappa shape index (κ3) is 3.38. The Bertz CT molecular complexity index is 435. The number of ether oxygens (including phenoxy) is 1. The van der Waals surface area contributed by atoms with Gasteiger partial charge in [0, 0.05) is 16.8 Å². The van der Waals surface area contributed by atoms with Gasteiger partial charge < -0.3 is 9.84 Å². The second-order valence-corrected chi connectivity index (χ2v) is 7.50. The van der Waals surface area contributed by atoms with Crippen LogP contribution < -0.4 is 0 Å². The summed E-state index contributed by atoms with van der Waals surface area (Å²) >= 11 is 1.97. The Labute approximate surface area is 125 Å². The first-order valence-corrected chi connectivity index (χ1v) is 8.68. The van der Waals surface area contributed by atoms with E-state index in [0.717, 1.165) is 18.6 Å². The second-order valence-electron chi connectivity index (χ2n) is 6.13. The standard InChI is InChI=1S/C17H24O2S/c18-13-14-5-4-6-15(11-14)20-16-7-10-19-17(12-16)8-2-1-3-9-17/h4-6,11,16,18H,1-3,7-10,12-13H2. The lowest BCUT2D eigenvalue weighted by atomic mass is 9.80. The third-order valence-corrected chi connectivity index (χ3v) is 5.86. The summed E-state index contributed by atoms with van der Waals surface area (Å²) in [4.78, 5) is 1.29. The molecule has 2 aliphatic rings. The fourth-order valence-corrected chi connectivity index (χ4v) is 4.90. The molecule has 0 amide bonds. The smallest absolute Gasteiger partial charge is 0.0693 e. The zero-order chi connectivity index (χ0) is 13.8. The summed E-state index contributed by atoms with van der Waals surface area (Å²) in [5.41, 5.74) is 1.19. The molecule has 1 aliphatic carbocycles. The molecule has 2 fully saturated rings. The molecule has 1 spiro atoms. The van der Waals surface area contributed by atoms with Gasteiger partial charge in [0.2, 0.25) is 0 Å². The number of hydrogen-bond donors (Lipinski definition) is 1. The summed E-state index contributed by atoms with van der Waals surface area (Å²) in [6, 6.07) is 8.31. The Hall–Kier alpha value is -0.510. The van der Waals surface area contributed by atoms with Gasteiger partial charge in [-0.25, -0.2) is 0 Å². The van der Waals surface area contributed by atoms with Crippen molar-refractivity contribution in [2.75, 3.05) is 6.61 Å². The van der Waals surface area contributed by atoms with Gasteiger partial charge in [-0.1, -0.05) is 31.4 Å². The van der Waals surface area contributed by atoms with Crippen molar-refractivity contribution in [2.45, 2.75) is 67.3 Å². The molecule has 3 rings (SSSR count). The summed E-state index contributed by atoms with van der Waals surface area (Å²) < 4.78 is 6.17. The van der Waals surface area contributed by atoms with Crippen LogP contribution in [0.25, 0.3) is 0 Å². The van der Waals surface area contributed by atoms with Crippen molar-refractivity contribution in [1.29, 1.82) is 0 Å². The number of aliphatic hydroxyl groups is 1. The van der Waals surface area contributed by atoms with E-state index in [9.17, 15) is 5.11 Å². The molecular formula is C17H24O2S. The van der Waals surface area contributed by atoms with E-state index in [2.05, 4.69) is 12.1 Å². The fraction of sp³-hybridized carbons (Fsp3) is 0.647. The fourth-order valence-electron chi connectivity index (χ4n) is 3.54. The maximum Gasteiger partial charge on any atom is 0.0693 e. The normalized spacial score (nSPS) is 25.8. The van der Waals surface area contributed by atoms with Crippen LogP contribution in [0.15, 0.2) is 29.2 Å². The molecule has 110 valence electrons. The molecule has 1 aromatic rings. The number of rotatable bonds is 3. The van der Waals surface area contributed by atoms with Gasteiger partial charge in [-0.05, 0) is 43.4 Å². The highest BCUT2D eigenvalue weighted by Gasteiger charge is 2.38. The van der Waals surface area contributed by atoms with E-state index in [4.69, 9.17) is 4.74 Å². The van der Waals surface area contributed by atoms with Crippen LogP contribution in [0.1, 0.15) is 50.5 Å². The van der Waals surface area contributed by atoms with E-state index in [1.807, 2.05) is 23.9 Å². The summed E-state index contributed by atoms with van der Waals surface area (Å²) in [7, 11) is 0. The van der Waals surface area contributed by atoms with Crippen LogP contribution in [-0.2, 0) is 11.3 Å². The van der Waals surface area contributed by atoms with E-state index in [1.54, 1.807) is 0 Å². The molecule has 1 heterocycles. The minimum absolute atomic E-state index is 0.131. The molecule has 2 nitrogen and oxygen atoms in total. The summed E-state index contributed by atoms with van der Waals surface area (Å²) in [5, 5.41) is 9.90. The van der Waals surface area contributed by atoms with Gasteiger partial charge in [0.05, 0.1) is 12.2 Å². The number of hydrogen-bond acceptors (Lipinski definition) is 3. The monoisotopic (exact) mass is 292 g/mol. The Kier molecular flexibility index (Phi) is 4.69. The highest BCUT2D eigenvalue weighted by Crippen LogP contribution is 2.43. The lowest BCUT2D eigenvalue weighted by Crippen LogP contribution is -2.42. The predicted octanol–water partition coefficient (Wildman–Crippen LogP) is 4.15. The van der Waals surface area contributed by atoms with Gasteiger partial charge in [-0.3, -0.25) is 0 Å². The average molecular weight is 292 g/mol. The summed E-state index contributed by atoms with van der Waals surface area (Å²) in [5.74, 6) is 0. The quantitative estimate of drug-likeness (QED) is 0.907. The number of aliphatic hydroxyl groups excluding tert-OH is 1.